The fourth-order valence-corrected chi connectivity index (χ4v) is 3.39. The van der Waals surface area contributed by atoms with Crippen molar-refractivity contribution in [2.24, 2.45) is 0 Å². The van der Waals surface area contributed by atoms with Crippen molar-refractivity contribution in [1.29, 1.82) is 0 Å². The molecule has 1 aromatic carbocycles. The Bertz CT molecular complexity index is 758. The first-order valence-corrected chi connectivity index (χ1v) is 8.27. The molecule has 0 saturated carbocycles. The number of likely N-dealkylation sites (tertiary alicyclic amines) is 1. The molecule has 1 fully saturated rings. The van der Waals surface area contributed by atoms with Gasteiger partial charge in [0, 0.05) is 12.1 Å². The smallest absolute Gasteiger partial charge is 0.341 e. The number of amides is 1. The number of carboxylic acids is 1. The fourth-order valence-electron chi connectivity index (χ4n) is 3.39. The van der Waals surface area contributed by atoms with E-state index in [1.54, 1.807) is 18.4 Å². The van der Waals surface area contributed by atoms with Crippen molar-refractivity contribution >= 4 is 11.9 Å². The van der Waals surface area contributed by atoms with Crippen LogP contribution in [0, 0.1) is 13.8 Å². The van der Waals surface area contributed by atoms with Crippen LogP contribution in [0.3, 0.4) is 0 Å². The predicted octanol–water partition coefficient (Wildman–Crippen LogP) is 3.34. The first kappa shape index (κ1) is 17.1. The van der Waals surface area contributed by atoms with E-state index in [0.717, 1.165) is 29.7 Å². The van der Waals surface area contributed by atoms with E-state index in [1.165, 1.54) is 0 Å². The van der Waals surface area contributed by atoms with Crippen LogP contribution in [-0.4, -0.2) is 35.0 Å². The maximum absolute atomic E-state index is 13.0. The Morgan fingerprint density at radius 2 is 2.04 bits per heavy atom. The number of carbonyl (C=O) groups excluding carboxylic acids is 1. The number of ether oxygens (including phenoxy) is 1. The van der Waals surface area contributed by atoms with Gasteiger partial charge in [-0.1, -0.05) is 0 Å². The van der Waals surface area contributed by atoms with Gasteiger partial charge in [0.1, 0.15) is 11.5 Å². The highest BCUT2D eigenvalue weighted by Crippen LogP contribution is 2.34. The molecular weight excluding hydrogens is 322 g/mol. The molecule has 1 saturated heterocycles. The lowest BCUT2D eigenvalue weighted by Gasteiger charge is -2.24. The van der Waals surface area contributed by atoms with Gasteiger partial charge in [-0.25, -0.2) is 4.79 Å². The Morgan fingerprint density at radius 1 is 1.32 bits per heavy atom. The minimum absolute atomic E-state index is 0.0361. The number of carbonyl (C=O) groups is 2. The van der Waals surface area contributed by atoms with Gasteiger partial charge in [0.25, 0.3) is 5.91 Å². The second kappa shape index (κ2) is 7.01. The highest BCUT2D eigenvalue weighted by Gasteiger charge is 2.32. The standard InChI is InChI=1S/C19H21NO5/c1-12-9-14(10-13(2)18(12)25-11-17(21)22)19(23)20-7-3-5-15(20)16-6-4-8-24-16/h4,6,8-10,15H,3,5,7,11H2,1-2H3,(H,21,22)/t15-/m1/s1. The molecule has 2 aromatic rings. The number of furan rings is 1. The van der Waals surface area contributed by atoms with E-state index < -0.39 is 12.6 Å². The third kappa shape index (κ3) is 3.52. The van der Waals surface area contributed by atoms with Crippen LogP contribution in [0.2, 0.25) is 0 Å². The summed E-state index contributed by atoms with van der Waals surface area (Å²) in [5.74, 6) is 0.246. The van der Waals surface area contributed by atoms with Crippen molar-refractivity contribution in [2.75, 3.05) is 13.2 Å². The highest BCUT2D eigenvalue weighted by molar-refractivity contribution is 5.95. The van der Waals surface area contributed by atoms with Gasteiger partial charge in [-0.15, -0.1) is 0 Å². The lowest BCUT2D eigenvalue weighted by molar-refractivity contribution is -0.139. The number of carboxylic acid groups (broad SMARTS) is 1. The Balaban J connectivity index is 1.83. The van der Waals surface area contributed by atoms with E-state index in [9.17, 15) is 9.59 Å². The highest BCUT2D eigenvalue weighted by atomic mass is 16.5. The molecule has 25 heavy (non-hydrogen) atoms. The molecule has 0 unspecified atom stereocenters. The van der Waals surface area contributed by atoms with Crippen LogP contribution in [-0.2, 0) is 4.79 Å². The molecule has 6 heteroatoms. The topological polar surface area (TPSA) is 80.0 Å². The molecule has 1 aliphatic rings. The van der Waals surface area contributed by atoms with E-state index in [0.29, 0.717) is 17.9 Å². The van der Waals surface area contributed by atoms with Crippen LogP contribution >= 0.6 is 0 Å². The first-order valence-electron chi connectivity index (χ1n) is 8.27. The maximum atomic E-state index is 13.0. The lowest BCUT2D eigenvalue weighted by atomic mass is 10.0. The van der Waals surface area contributed by atoms with Crippen molar-refractivity contribution in [3.63, 3.8) is 0 Å². The molecule has 0 bridgehead atoms. The number of aryl methyl sites for hydroxylation is 2. The average Bonchev–Trinajstić information content (AvgIpc) is 3.23. The van der Waals surface area contributed by atoms with Crippen molar-refractivity contribution in [3.05, 3.63) is 53.0 Å². The Hall–Kier alpha value is -2.76. The van der Waals surface area contributed by atoms with E-state index in [1.807, 2.05) is 30.9 Å². The zero-order chi connectivity index (χ0) is 18.0. The summed E-state index contributed by atoms with van der Waals surface area (Å²) in [6.07, 6.45) is 3.45. The monoisotopic (exact) mass is 343 g/mol. The Morgan fingerprint density at radius 3 is 2.64 bits per heavy atom. The molecule has 1 aromatic heterocycles. The summed E-state index contributed by atoms with van der Waals surface area (Å²) in [6, 6.07) is 7.20. The number of benzene rings is 1. The quantitative estimate of drug-likeness (QED) is 0.901. The van der Waals surface area contributed by atoms with Crippen molar-refractivity contribution in [1.82, 2.24) is 4.90 Å². The lowest BCUT2D eigenvalue weighted by Crippen LogP contribution is -2.30. The van der Waals surface area contributed by atoms with Gasteiger partial charge in [-0.05, 0) is 62.1 Å². The van der Waals surface area contributed by atoms with Crippen LogP contribution in [0.5, 0.6) is 5.75 Å². The third-order valence-electron chi connectivity index (χ3n) is 4.43. The summed E-state index contributed by atoms with van der Waals surface area (Å²) in [5, 5.41) is 8.77. The molecule has 0 spiro atoms. The van der Waals surface area contributed by atoms with Crippen LogP contribution in [0.25, 0.3) is 0 Å². The van der Waals surface area contributed by atoms with Gasteiger partial charge >= 0.3 is 5.97 Å². The number of aliphatic carboxylic acids is 1. The molecular formula is C19H21NO5. The molecule has 2 heterocycles. The Labute approximate surface area is 146 Å². The molecule has 1 amide bonds. The number of nitrogens with zero attached hydrogens (tertiary/aromatic N) is 1. The number of rotatable bonds is 5. The predicted molar refractivity (Wildman–Crippen MR) is 90.8 cm³/mol. The Kier molecular flexibility index (Phi) is 4.79. The van der Waals surface area contributed by atoms with E-state index in [-0.39, 0.29) is 11.9 Å². The molecule has 132 valence electrons. The summed E-state index contributed by atoms with van der Waals surface area (Å²) in [6.45, 7) is 3.92. The van der Waals surface area contributed by atoms with Gasteiger partial charge in [0.2, 0.25) is 0 Å². The molecule has 1 atom stereocenters. The fraction of sp³-hybridized carbons (Fsp3) is 0.368. The molecule has 0 radical (unpaired) electrons. The van der Waals surface area contributed by atoms with E-state index in [4.69, 9.17) is 14.3 Å². The molecule has 0 aliphatic carbocycles. The number of hydrogen-bond acceptors (Lipinski definition) is 4. The summed E-state index contributed by atoms with van der Waals surface area (Å²) >= 11 is 0. The zero-order valence-electron chi connectivity index (χ0n) is 14.3. The molecule has 3 rings (SSSR count). The second-order valence-corrected chi connectivity index (χ2v) is 6.29. The van der Waals surface area contributed by atoms with Gasteiger partial charge in [0.15, 0.2) is 6.61 Å². The van der Waals surface area contributed by atoms with E-state index >= 15 is 0 Å². The SMILES string of the molecule is Cc1cc(C(=O)N2CCC[C@@H]2c2ccco2)cc(C)c1OCC(=O)O. The molecule has 1 N–H and O–H groups in total. The van der Waals surface area contributed by atoms with Crippen LogP contribution in [0.1, 0.15) is 46.1 Å². The van der Waals surface area contributed by atoms with Crippen molar-refractivity contribution < 1.29 is 23.8 Å². The number of hydrogen-bond donors (Lipinski definition) is 1. The second-order valence-electron chi connectivity index (χ2n) is 6.29. The first-order chi connectivity index (χ1) is 12.0. The van der Waals surface area contributed by atoms with Gasteiger partial charge in [-0.2, -0.15) is 0 Å². The van der Waals surface area contributed by atoms with Gasteiger partial charge in [0.05, 0.1) is 12.3 Å². The van der Waals surface area contributed by atoms with Gasteiger partial charge < -0.3 is 19.2 Å². The average molecular weight is 343 g/mol. The minimum Gasteiger partial charge on any atom is -0.481 e. The summed E-state index contributed by atoms with van der Waals surface area (Å²) in [7, 11) is 0. The van der Waals surface area contributed by atoms with E-state index in [2.05, 4.69) is 0 Å². The van der Waals surface area contributed by atoms with Crippen LogP contribution in [0.4, 0.5) is 0 Å². The van der Waals surface area contributed by atoms with Crippen molar-refractivity contribution in [2.45, 2.75) is 32.7 Å². The van der Waals surface area contributed by atoms with Crippen molar-refractivity contribution in [3.8, 4) is 5.75 Å². The van der Waals surface area contributed by atoms with Gasteiger partial charge in [-0.3, -0.25) is 4.79 Å². The minimum atomic E-state index is -1.03. The summed E-state index contributed by atoms with van der Waals surface area (Å²) in [5.41, 5.74) is 2.08. The summed E-state index contributed by atoms with van der Waals surface area (Å²) in [4.78, 5) is 25.5. The molecule has 6 nitrogen and oxygen atoms in total. The summed E-state index contributed by atoms with van der Waals surface area (Å²) < 4.78 is 10.8. The largest absolute Gasteiger partial charge is 0.481 e. The van der Waals surface area contributed by atoms with Crippen LogP contribution < -0.4 is 4.74 Å². The van der Waals surface area contributed by atoms with Crippen LogP contribution in [0.15, 0.2) is 34.9 Å². The third-order valence-corrected chi connectivity index (χ3v) is 4.43. The maximum Gasteiger partial charge on any atom is 0.341 e. The normalized spacial score (nSPS) is 16.9. The zero-order valence-corrected chi connectivity index (χ0v) is 14.3. The molecule has 1 aliphatic heterocycles.